The van der Waals surface area contributed by atoms with E-state index in [1.807, 2.05) is 0 Å². The third kappa shape index (κ3) is 9.85. The van der Waals surface area contributed by atoms with Gasteiger partial charge in [-0.3, -0.25) is 4.79 Å². The molecule has 84 valence electrons. The second-order valence-electron chi connectivity index (χ2n) is 2.92. The second kappa shape index (κ2) is 7.11. The van der Waals surface area contributed by atoms with Crippen LogP contribution in [0.2, 0.25) is 0 Å². The Morgan fingerprint density at radius 3 is 2.50 bits per heavy atom. The lowest BCUT2D eigenvalue weighted by Crippen LogP contribution is -2.06. The zero-order chi connectivity index (χ0) is 11.0. The third-order valence-electron chi connectivity index (χ3n) is 1.50. The molecule has 0 aromatic rings. The molecule has 0 aromatic carbocycles. The van der Waals surface area contributed by atoms with Gasteiger partial charge in [0.2, 0.25) is 0 Å². The number of hydrogen-bond acceptors (Lipinski definition) is 5. The minimum Gasteiger partial charge on any atom is -0.469 e. The minimum absolute atomic E-state index is 0.204. The van der Waals surface area contributed by atoms with Gasteiger partial charge < -0.3 is 4.74 Å². The quantitative estimate of drug-likeness (QED) is 0.484. The number of hydrogen-bond donors (Lipinski definition) is 0. The normalized spacial score (nSPS) is 11.3. The summed E-state index contributed by atoms with van der Waals surface area (Å²) >= 11 is 1.55. The van der Waals surface area contributed by atoms with Crippen LogP contribution in [-0.2, 0) is 19.4 Å². The molecule has 0 aromatic heterocycles. The molecule has 0 saturated heterocycles. The van der Waals surface area contributed by atoms with Crippen molar-refractivity contribution in [3.63, 3.8) is 0 Å². The van der Waals surface area contributed by atoms with Gasteiger partial charge in [-0.2, -0.15) is 11.8 Å². The van der Waals surface area contributed by atoms with Crippen LogP contribution in [0.25, 0.3) is 0 Å². The Hall–Kier alpha value is -0.230. The molecule has 4 nitrogen and oxygen atoms in total. The fourth-order valence-electron chi connectivity index (χ4n) is 0.733. The first-order chi connectivity index (χ1) is 6.45. The molecule has 0 N–H and O–H groups in total. The average molecular weight is 240 g/mol. The smallest absolute Gasteiger partial charge is 0.305 e. The van der Waals surface area contributed by atoms with Crippen molar-refractivity contribution < 1.29 is 17.9 Å². The van der Waals surface area contributed by atoms with Crippen molar-refractivity contribution >= 4 is 27.6 Å². The predicted molar refractivity (Wildman–Crippen MR) is 58.3 cm³/mol. The van der Waals surface area contributed by atoms with E-state index < -0.39 is 9.84 Å². The molecule has 14 heavy (non-hydrogen) atoms. The van der Waals surface area contributed by atoms with Gasteiger partial charge in [0.15, 0.2) is 0 Å². The van der Waals surface area contributed by atoms with Crippen molar-refractivity contribution in [2.75, 3.05) is 30.6 Å². The fraction of sp³-hybridized carbons (Fsp3) is 0.875. The maximum Gasteiger partial charge on any atom is 0.305 e. The second-order valence-corrected chi connectivity index (χ2v) is 6.41. The number of ether oxygens (including phenoxy) is 1. The highest BCUT2D eigenvalue weighted by Gasteiger charge is 2.02. The van der Waals surface area contributed by atoms with Crippen LogP contribution in [0.5, 0.6) is 0 Å². The van der Waals surface area contributed by atoms with Gasteiger partial charge in [0.25, 0.3) is 0 Å². The standard InChI is InChI=1S/C8H16O4S2/c1-12-8(9)4-3-5-13-6-7-14(2,10)11/h3-7H2,1-2H3. The Bertz CT molecular complexity index is 259. The highest BCUT2D eigenvalue weighted by Crippen LogP contribution is 2.05. The van der Waals surface area contributed by atoms with E-state index in [9.17, 15) is 13.2 Å². The first kappa shape index (κ1) is 13.8. The van der Waals surface area contributed by atoms with E-state index in [1.54, 1.807) is 11.8 Å². The SMILES string of the molecule is COC(=O)CCCSCCS(C)(=O)=O. The summed E-state index contributed by atoms with van der Waals surface area (Å²) in [5, 5.41) is 0. The number of carbonyl (C=O) groups excluding carboxylic acids is 1. The predicted octanol–water partition coefficient (Wildman–Crippen LogP) is 0.717. The van der Waals surface area contributed by atoms with E-state index in [0.29, 0.717) is 12.2 Å². The molecule has 0 spiro atoms. The Balaban J connectivity index is 3.27. The fourth-order valence-corrected chi connectivity index (χ4v) is 2.97. The van der Waals surface area contributed by atoms with Gasteiger partial charge in [-0.05, 0) is 12.2 Å². The summed E-state index contributed by atoms with van der Waals surface area (Å²) in [5.41, 5.74) is 0. The van der Waals surface area contributed by atoms with Gasteiger partial charge in [0.1, 0.15) is 9.84 Å². The molecule has 0 unspecified atom stereocenters. The van der Waals surface area contributed by atoms with Crippen LogP contribution in [0.1, 0.15) is 12.8 Å². The van der Waals surface area contributed by atoms with Crippen LogP contribution in [0.15, 0.2) is 0 Å². The van der Waals surface area contributed by atoms with Crippen molar-refractivity contribution in [1.29, 1.82) is 0 Å². The average Bonchev–Trinajstić information content (AvgIpc) is 2.08. The minimum atomic E-state index is -2.84. The largest absolute Gasteiger partial charge is 0.469 e. The van der Waals surface area contributed by atoms with E-state index in [2.05, 4.69) is 4.74 Å². The van der Waals surface area contributed by atoms with E-state index in [0.717, 1.165) is 12.2 Å². The summed E-state index contributed by atoms with van der Waals surface area (Å²) in [6, 6.07) is 0. The molecular formula is C8H16O4S2. The van der Waals surface area contributed by atoms with E-state index in [-0.39, 0.29) is 11.7 Å². The topological polar surface area (TPSA) is 60.4 Å². The highest BCUT2D eigenvalue weighted by atomic mass is 32.2. The first-order valence-corrected chi connectivity index (χ1v) is 7.49. The molecule has 0 rings (SSSR count). The van der Waals surface area contributed by atoms with Crippen molar-refractivity contribution in [3.05, 3.63) is 0 Å². The van der Waals surface area contributed by atoms with Crippen molar-refractivity contribution in [2.45, 2.75) is 12.8 Å². The molecule has 0 atom stereocenters. The van der Waals surface area contributed by atoms with E-state index in [1.165, 1.54) is 13.4 Å². The number of sulfone groups is 1. The van der Waals surface area contributed by atoms with E-state index in [4.69, 9.17) is 0 Å². The lowest BCUT2D eigenvalue weighted by molar-refractivity contribution is -0.140. The summed E-state index contributed by atoms with van der Waals surface area (Å²) in [7, 11) is -1.48. The molecule has 0 amide bonds. The molecule has 0 radical (unpaired) electrons. The highest BCUT2D eigenvalue weighted by molar-refractivity contribution is 8.00. The van der Waals surface area contributed by atoms with Crippen LogP contribution >= 0.6 is 11.8 Å². The Morgan fingerprint density at radius 1 is 1.36 bits per heavy atom. The summed E-state index contributed by atoms with van der Waals surface area (Å²) in [4.78, 5) is 10.7. The van der Waals surface area contributed by atoms with Crippen LogP contribution in [0.4, 0.5) is 0 Å². The van der Waals surface area contributed by atoms with Gasteiger partial charge in [-0.15, -0.1) is 0 Å². The van der Waals surface area contributed by atoms with Crippen molar-refractivity contribution in [3.8, 4) is 0 Å². The van der Waals surface area contributed by atoms with Crippen LogP contribution in [0, 0.1) is 0 Å². The third-order valence-corrected chi connectivity index (χ3v) is 3.77. The monoisotopic (exact) mass is 240 g/mol. The zero-order valence-corrected chi connectivity index (χ0v) is 10.1. The summed E-state index contributed by atoms with van der Waals surface area (Å²) in [6.45, 7) is 0. The molecule has 0 aliphatic heterocycles. The maximum absolute atomic E-state index is 10.7. The molecule has 6 heteroatoms. The molecule has 0 aliphatic rings. The summed E-state index contributed by atoms with van der Waals surface area (Å²) < 4.78 is 25.9. The van der Waals surface area contributed by atoms with Crippen LogP contribution in [-0.4, -0.2) is 45.0 Å². The number of rotatable bonds is 7. The molecule has 0 fully saturated rings. The van der Waals surface area contributed by atoms with Gasteiger partial charge >= 0.3 is 5.97 Å². The lowest BCUT2D eigenvalue weighted by atomic mass is 10.3. The van der Waals surface area contributed by atoms with E-state index >= 15 is 0 Å². The summed E-state index contributed by atoms with van der Waals surface area (Å²) in [6.07, 6.45) is 2.37. The first-order valence-electron chi connectivity index (χ1n) is 4.28. The Kier molecular flexibility index (Phi) is 7.00. The molecular weight excluding hydrogens is 224 g/mol. The Labute approximate surface area is 89.3 Å². The maximum atomic E-state index is 10.7. The number of esters is 1. The molecule has 0 aliphatic carbocycles. The molecule has 0 heterocycles. The van der Waals surface area contributed by atoms with Crippen LogP contribution in [0.3, 0.4) is 0 Å². The van der Waals surface area contributed by atoms with Gasteiger partial charge in [-0.25, -0.2) is 8.42 Å². The van der Waals surface area contributed by atoms with Crippen molar-refractivity contribution in [1.82, 2.24) is 0 Å². The molecule has 0 bridgehead atoms. The molecule has 0 saturated carbocycles. The summed E-state index contributed by atoms with van der Waals surface area (Å²) in [5.74, 6) is 1.38. The number of carbonyl (C=O) groups is 1. The van der Waals surface area contributed by atoms with Gasteiger partial charge in [-0.1, -0.05) is 0 Å². The van der Waals surface area contributed by atoms with Gasteiger partial charge in [0, 0.05) is 18.4 Å². The van der Waals surface area contributed by atoms with Gasteiger partial charge in [0.05, 0.1) is 12.9 Å². The van der Waals surface area contributed by atoms with Crippen LogP contribution < -0.4 is 0 Å². The number of methoxy groups -OCH3 is 1. The zero-order valence-electron chi connectivity index (χ0n) is 8.49. The number of thioether (sulfide) groups is 1. The van der Waals surface area contributed by atoms with Crippen molar-refractivity contribution in [2.24, 2.45) is 0 Å². The lowest BCUT2D eigenvalue weighted by Gasteiger charge is -2.00. The Morgan fingerprint density at radius 2 is 2.00 bits per heavy atom.